The normalized spacial score (nSPS) is 16.9. The molecule has 0 aromatic carbocycles. The predicted octanol–water partition coefficient (Wildman–Crippen LogP) is 13.6. The molecule has 0 amide bonds. The molecule has 2 rings (SSSR count). The van der Waals surface area contributed by atoms with Crippen molar-refractivity contribution in [2.45, 2.75) is 262 Å². The van der Waals surface area contributed by atoms with Crippen LogP contribution in [-0.4, -0.2) is 61.6 Å². The zero-order valence-corrected chi connectivity index (χ0v) is 41.4. The van der Waals surface area contributed by atoms with Crippen molar-refractivity contribution in [1.29, 1.82) is 0 Å². The zero-order valence-electron chi connectivity index (χ0n) is 41.4. The van der Waals surface area contributed by atoms with Crippen molar-refractivity contribution in [3.63, 3.8) is 0 Å². The summed E-state index contributed by atoms with van der Waals surface area (Å²) in [4.78, 5) is 37.9. The van der Waals surface area contributed by atoms with Crippen LogP contribution in [0.2, 0.25) is 0 Å². The summed E-state index contributed by atoms with van der Waals surface area (Å²) in [6.07, 6.45) is 40.7. The molecule has 1 unspecified atom stereocenters. The number of carbonyl (C=O) groups is 3. The lowest BCUT2D eigenvalue weighted by Gasteiger charge is -2.18. The van der Waals surface area contributed by atoms with Crippen molar-refractivity contribution in [2.75, 3.05) is 13.2 Å². The molecule has 0 aliphatic carbocycles. The van der Waals surface area contributed by atoms with Crippen LogP contribution in [0.1, 0.15) is 232 Å². The quantitative estimate of drug-likeness (QED) is 0.0149. The van der Waals surface area contributed by atoms with Gasteiger partial charge >= 0.3 is 17.9 Å². The Balaban J connectivity index is 1.66. The Bertz CT molecular complexity index is 1570. The molecule has 2 heterocycles. The Morgan fingerprint density at radius 1 is 0.485 bits per heavy atom. The number of carbonyl (C=O) groups excluding carboxylic acids is 3. The van der Waals surface area contributed by atoms with Gasteiger partial charge in [-0.05, 0) is 68.6 Å². The minimum Gasteiger partial charge on any atom is -0.462 e. The minimum absolute atomic E-state index is 0.0291. The summed E-state index contributed by atoms with van der Waals surface area (Å²) in [5.41, 5.74) is 0. The van der Waals surface area contributed by atoms with Crippen LogP contribution in [0.25, 0.3) is 0 Å². The predicted molar refractivity (Wildman–Crippen MR) is 268 cm³/mol. The monoisotopic (exact) mass is 913 g/mol. The molecule has 2 fully saturated rings. The summed E-state index contributed by atoms with van der Waals surface area (Å²) in [5, 5.41) is 0. The van der Waals surface area contributed by atoms with Gasteiger partial charge in [-0.2, -0.15) is 0 Å². The van der Waals surface area contributed by atoms with E-state index in [1.54, 1.807) is 0 Å². The van der Waals surface area contributed by atoms with Crippen molar-refractivity contribution in [2.24, 2.45) is 0 Å². The van der Waals surface area contributed by atoms with Gasteiger partial charge in [0, 0.05) is 19.3 Å². The van der Waals surface area contributed by atoms with Crippen molar-refractivity contribution < 1.29 is 38.1 Å². The largest absolute Gasteiger partial charge is 0.462 e. The summed E-state index contributed by atoms with van der Waals surface area (Å²) in [7, 11) is 0. The number of rotatable bonds is 42. The molecular weight excluding hydrogens is 825 g/mol. The van der Waals surface area contributed by atoms with Crippen LogP contribution in [0.4, 0.5) is 0 Å². The van der Waals surface area contributed by atoms with Gasteiger partial charge in [0.25, 0.3) is 0 Å². The Kier molecular flexibility index (Phi) is 37.4. The molecule has 8 heteroatoms. The summed E-state index contributed by atoms with van der Waals surface area (Å²) in [5.74, 6) is 21.8. The van der Waals surface area contributed by atoms with E-state index < -0.39 is 18.0 Å². The number of unbranched alkanes of at least 4 members (excludes halogenated alkanes) is 25. The number of hydrogen-bond acceptors (Lipinski definition) is 8. The number of allylic oxidation sites excluding steroid dienone is 2. The fraction of sp³-hybridized carbons (Fsp3) is 0.741. The first kappa shape index (κ1) is 58.2. The van der Waals surface area contributed by atoms with Crippen LogP contribution < -0.4 is 0 Å². The first-order chi connectivity index (χ1) is 32.5. The van der Waals surface area contributed by atoms with Gasteiger partial charge in [0.15, 0.2) is 6.10 Å². The molecule has 66 heavy (non-hydrogen) atoms. The SMILES string of the molecule is C=CCCCCCCC[C@@H]1O[C@H]1C#CC#CCCC(=O)OCC(COC(=O)CCCCCCCCCCCCCCCCCC)OC(=O)CCC#CC#C[C@@H]1O[C@H]1CCCCCCCC=C. The molecule has 0 aromatic rings. The fourth-order valence-corrected chi connectivity index (χ4v) is 7.76. The summed E-state index contributed by atoms with van der Waals surface area (Å²) < 4.78 is 27.8. The van der Waals surface area contributed by atoms with Crippen LogP contribution in [0.5, 0.6) is 0 Å². The Morgan fingerprint density at radius 2 is 0.864 bits per heavy atom. The highest BCUT2D eigenvalue weighted by atomic mass is 16.6. The van der Waals surface area contributed by atoms with E-state index in [-0.39, 0.29) is 69.3 Å². The van der Waals surface area contributed by atoms with Gasteiger partial charge < -0.3 is 23.7 Å². The number of esters is 3. The van der Waals surface area contributed by atoms with Gasteiger partial charge in [-0.25, -0.2) is 0 Å². The van der Waals surface area contributed by atoms with Crippen molar-refractivity contribution in [3.8, 4) is 47.4 Å². The number of hydrogen-bond donors (Lipinski definition) is 0. The fourth-order valence-electron chi connectivity index (χ4n) is 7.76. The molecule has 0 spiro atoms. The van der Waals surface area contributed by atoms with E-state index in [1.807, 2.05) is 12.2 Å². The van der Waals surface area contributed by atoms with Gasteiger partial charge in [0.1, 0.15) is 25.4 Å². The smallest absolute Gasteiger partial charge is 0.307 e. The van der Waals surface area contributed by atoms with E-state index in [2.05, 4.69) is 67.4 Å². The standard InChI is InChI=1S/C58H88O8/c1-4-7-10-13-16-17-18-19-20-21-22-23-24-27-30-39-46-56(59)62-49-51(64-58(61)48-41-34-32-38-45-55-53(66-55)43-36-29-26-15-12-9-6-3)50-63-57(60)47-40-33-31-37-44-54-52(65-54)42-35-28-25-14-11-8-5-2/h5-6,51-55H,2-4,7-30,35-36,39-43,46-50H2,1H3/t51?,52-,53-,54-,55-/m0/s1. The maximum atomic E-state index is 12.8. The molecule has 5 atom stereocenters. The Labute approximate surface area is 402 Å². The maximum Gasteiger partial charge on any atom is 0.307 e. The van der Waals surface area contributed by atoms with E-state index in [0.29, 0.717) is 6.42 Å². The average molecular weight is 913 g/mol. The third kappa shape index (κ3) is 36.2. The summed E-state index contributed by atoms with van der Waals surface area (Å²) in [6, 6.07) is 0. The lowest BCUT2D eigenvalue weighted by molar-refractivity contribution is -0.166. The summed E-state index contributed by atoms with van der Waals surface area (Å²) in [6.45, 7) is 9.39. The third-order valence-corrected chi connectivity index (χ3v) is 12.0. The topological polar surface area (TPSA) is 104 Å². The molecule has 2 saturated heterocycles. The van der Waals surface area contributed by atoms with E-state index in [9.17, 15) is 14.4 Å². The molecule has 8 nitrogen and oxygen atoms in total. The molecule has 2 aliphatic heterocycles. The van der Waals surface area contributed by atoms with Crippen LogP contribution >= 0.6 is 0 Å². The van der Waals surface area contributed by atoms with Crippen LogP contribution in [0.3, 0.4) is 0 Å². The second-order valence-electron chi connectivity index (χ2n) is 18.1. The molecule has 368 valence electrons. The van der Waals surface area contributed by atoms with E-state index >= 15 is 0 Å². The van der Waals surface area contributed by atoms with Crippen LogP contribution in [-0.2, 0) is 38.1 Å². The van der Waals surface area contributed by atoms with Crippen molar-refractivity contribution >= 4 is 17.9 Å². The second-order valence-corrected chi connectivity index (χ2v) is 18.1. The molecule has 0 N–H and O–H groups in total. The van der Waals surface area contributed by atoms with Gasteiger partial charge in [-0.15, -0.1) is 13.2 Å². The molecule has 0 radical (unpaired) electrons. The number of epoxide rings is 2. The lowest BCUT2D eigenvalue weighted by Crippen LogP contribution is -2.30. The first-order valence-corrected chi connectivity index (χ1v) is 26.5. The van der Waals surface area contributed by atoms with Gasteiger partial charge in [0.2, 0.25) is 0 Å². The molecule has 0 aromatic heterocycles. The van der Waals surface area contributed by atoms with Crippen LogP contribution in [0.15, 0.2) is 25.3 Å². The highest BCUT2D eigenvalue weighted by Crippen LogP contribution is 2.28. The van der Waals surface area contributed by atoms with E-state index in [4.69, 9.17) is 23.7 Å². The highest BCUT2D eigenvalue weighted by Gasteiger charge is 2.37. The Morgan fingerprint density at radius 3 is 1.30 bits per heavy atom. The molecule has 0 saturated carbocycles. The average Bonchev–Trinajstić information content (AvgIpc) is 4.25. The highest BCUT2D eigenvalue weighted by molar-refractivity contribution is 5.71. The summed E-state index contributed by atoms with van der Waals surface area (Å²) >= 11 is 0. The first-order valence-electron chi connectivity index (χ1n) is 26.5. The van der Waals surface area contributed by atoms with E-state index in [1.165, 1.54) is 135 Å². The van der Waals surface area contributed by atoms with Crippen molar-refractivity contribution in [1.82, 2.24) is 0 Å². The maximum absolute atomic E-state index is 12.8. The van der Waals surface area contributed by atoms with Gasteiger partial charge in [0.05, 0.1) is 25.0 Å². The minimum atomic E-state index is -0.930. The third-order valence-electron chi connectivity index (χ3n) is 12.0. The van der Waals surface area contributed by atoms with Crippen molar-refractivity contribution in [3.05, 3.63) is 25.3 Å². The van der Waals surface area contributed by atoms with Gasteiger partial charge in [-0.3, -0.25) is 14.4 Å². The molecule has 2 aliphatic rings. The zero-order chi connectivity index (χ0) is 47.4. The van der Waals surface area contributed by atoms with Crippen LogP contribution in [0, 0.1) is 47.4 Å². The lowest BCUT2D eigenvalue weighted by atomic mass is 10.0. The second kappa shape index (κ2) is 42.4. The number of ether oxygens (including phenoxy) is 5. The Hall–Kier alpha value is -3.95. The van der Waals surface area contributed by atoms with Gasteiger partial charge in [-0.1, -0.05) is 190 Å². The molecule has 0 bridgehead atoms. The van der Waals surface area contributed by atoms with E-state index in [0.717, 1.165) is 57.8 Å². The molecular formula is C58H88O8.